The number of carbonyl (C=O) groups is 2. The molecule has 0 saturated heterocycles. The Morgan fingerprint density at radius 3 is 2.70 bits per heavy atom. The van der Waals surface area contributed by atoms with E-state index in [1.54, 1.807) is 13.3 Å². The zero-order valence-corrected chi connectivity index (χ0v) is 17.2. The summed E-state index contributed by atoms with van der Waals surface area (Å²) in [5.74, 6) is 0.659. The number of amides is 2. The number of fused-ring (bicyclic) bond motifs is 1. The summed E-state index contributed by atoms with van der Waals surface area (Å²) in [4.78, 5) is 28.8. The van der Waals surface area contributed by atoms with Crippen LogP contribution in [0.1, 0.15) is 28.8 Å². The van der Waals surface area contributed by atoms with Gasteiger partial charge >= 0.3 is 0 Å². The third-order valence-corrected chi connectivity index (χ3v) is 5.32. The van der Waals surface area contributed by atoms with Crippen molar-refractivity contribution in [3.05, 3.63) is 59.8 Å². The molecular formula is C24H25N3O3. The predicted octanol–water partition coefficient (Wildman–Crippen LogP) is 3.93. The highest BCUT2D eigenvalue weighted by Crippen LogP contribution is 2.31. The van der Waals surface area contributed by atoms with Crippen molar-refractivity contribution in [3.63, 3.8) is 0 Å². The van der Waals surface area contributed by atoms with Crippen LogP contribution < -0.4 is 10.6 Å². The van der Waals surface area contributed by atoms with Crippen LogP contribution in [0.5, 0.6) is 0 Å². The van der Waals surface area contributed by atoms with Gasteiger partial charge in [-0.1, -0.05) is 18.2 Å². The van der Waals surface area contributed by atoms with Gasteiger partial charge in [-0.2, -0.15) is 0 Å². The number of aromatic nitrogens is 1. The lowest BCUT2D eigenvalue weighted by Crippen LogP contribution is -2.26. The van der Waals surface area contributed by atoms with Gasteiger partial charge in [0.05, 0.1) is 6.61 Å². The quantitative estimate of drug-likeness (QED) is 0.586. The van der Waals surface area contributed by atoms with E-state index in [1.165, 1.54) is 0 Å². The summed E-state index contributed by atoms with van der Waals surface area (Å²) in [7, 11) is 1.61. The standard InChI is InChI=1S/C24H25N3O3/c1-15-3-4-19(23(28)25-9-10-30-2)12-21(15)18-8-7-17-13-22(26-14-20(17)11-18)27-24(29)16-5-6-16/h3-4,7-8,11-14,16H,5-6,9-10H2,1-2H3,(H,25,28)(H,26,27,29). The van der Waals surface area contributed by atoms with Crippen molar-refractivity contribution in [1.82, 2.24) is 10.3 Å². The molecule has 0 unspecified atom stereocenters. The number of rotatable bonds is 7. The molecule has 154 valence electrons. The van der Waals surface area contributed by atoms with E-state index in [-0.39, 0.29) is 17.7 Å². The maximum Gasteiger partial charge on any atom is 0.251 e. The number of anilines is 1. The molecule has 6 heteroatoms. The van der Waals surface area contributed by atoms with E-state index in [4.69, 9.17) is 4.74 Å². The normalized spacial score (nSPS) is 13.3. The first-order valence-electron chi connectivity index (χ1n) is 10.1. The van der Waals surface area contributed by atoms with Crippen molar-refractivity contribution in [2.45, 2.75) is 19.8 Å². The summed E-state index contributed by atoms with van der Waals surface area (Å²) < 4.78 is 4.98. The van der Waals surface area contributed by atoms with Gasteiger partial charge in [0.1, 0.15) is 5.82 Å². The third kappa shape index (κ3) is 4.49. The lowest BCUT2D eigenvalue weighted by atomic mass is 9.96. The van der Waals surface area contributed by atoms with Gasteiger partial charge in [0.2, 0.25) is 5.91 Å². The molecule has 0 bridgehead atoms. The van der Waals surface area contributed by atoms with Crippen LogP contribution in [0.4, 0.5) is 5.82 Å². The number of benzene rings is 2. The van der Waals surface area contributed by atoms with E-state index < -0.39 is 0 Å². The van der Waals surface area contributed by atoms with Gasteiger partial charge in [0.15, 0.2) is 0 Å². The molecule has 1 saturated carbocycles. The molecular weight excluding hydrogens is 378 g/mol. The highest BCUT2D eigenvalue weighted by atomic mass is 16.5. The van der Waals surface area contributed by atoms with E-state index in [9.17, 15) is 9.59 Å². The Bertz CT molecular complexity index is 1110. The van der Waals surface area contributed by atoms with Crippen LogP contribution in [0.25, 0.3) is 21.9 Å². The minimum absolute atomic E-state index is 0.0506. The fourth-order valence-electron chi connectivity index (χ4n) is 3.39. The minimum Gasteiger partial charge on any atom is -0.383 e. The minimum atomic E-state index is -0.119. The lowest BCUT2D eigenvalue weighted by molar-refractivity contribution is -0.117. The maximum atomic E-state index is 12.4. The summed E-state index contributed by atoms with van der Waals surface area (Å²) in [5, 5.41) is 7.73. The molecule has 1 aliphatic rings. The number of nitrogens with zero attached hydrogens (tertiary/aromatic N) is 1. The smallest absolute Gasteiger partial charge is 0.251 e. The van der Waals surface area contributed by atoms with Crippen LogP contribution in [0, 0.1) is 12.8 Å². The van der Waals surface area contributed by atoms with Gasteiger partial charge in [-0.05, 0) is 66.1 Å². The lowest BCUT2D eigenvalue weighted by Gasteiger charge is -2.11. The number of carbonyl (C=O) groups excluding carboxylic acids is 2. The molecule has 0 spiro atoms. The van der Waals surface area contributed by atoms with Crippen LogP contribution in [0.2, 0.25) is 0 Å². The number of aryl methyl sites for hydroxylation is 1. The molecule has 1 aliphatic carbocycles. The largest absolute Gasteiger partial charge is 0.383 e. The van der Waals surface area contributed by atoms with Gasteiger partial charge in [0, 0.05) is 36.7 Å². The van der Waals surface area contributed by atoms with Crippen LogP contribution in [-0.4, -0.2) is 37.1 Å². The number of nitrogens with one attached hydrogen (secondary N) is 2. The second-order valence-corrected chi connectivity index (χ2v) is 7.67. The van der Waals surface area contributed by atoms with Crippen molar-refractivity contribution in [2.75, 3.05) is 25.6 Å². The van der Waals surface area contributed by atoms with Crippen LogP contribution >= 0.6 is 0 Å². The topological polar surface area (TPSA) is 80.3 Å². The Balaban J connectivity index is 1.58. The second-order valence-electron chi connectivity index (χ2n) is 7.67. The summed E-state index contributed by atoms with van der Waals surface area (Å²) in [5.41, 5.74) is 3.72. The van der Waals surface area contributed by atoms with Gasteiger partial charge in [-0.25, -0.2) is 4.98 Å². The summed E-state index contributed by atoms with van der Waals surface area (Å²) in [6, 6.07) is 13.7. The van der Waals surface area contributed by atoms with Crippen molar-refractivity contribution >= 4 is 28.4 Å². The average molecular weight is 403 g/mol. The average Bonchev–Trinajstić information content (AvgIpc) is 3.59. The first kappa shape index (κ1) is 20.0. The first-order valence-corrected chi connectivity index (χ1v) is 10.1. The van der Waals surface area contributed by atoms with Crippen molar-refractivity contribution in [3.8, 4) is 11.1 Å². The summed E-state index contributed by atoms with van der Waals surface area (Å²) >= 11 is 0. The fourth-order valence-corrected chi connectivity index (χ4v) is 3.39. The Labute approximate surface area is 175 Å². The van der Waals surface area contributed by atoms with Crippen LogP contribution in [0.3, 0.4) is 0 Å². The molecule has 0 aliphatic heterocycles. The molecule has 2 aromatic carbocycles. The molecule has 1 aromatic heterocycles. The fraction of sp³-hybridized carbons (Fsp3) is 0.292. The maximum absolute atomic E-state index is 12.4. The Kier molecular flexibility index (Phi) is 5.77. The first-order chi connectivity index (χ1) is 14.5. The van der Waals surface area contributed by atoms with Crippen molar-refractivity contribution in [2.24, 2.45) is 5.92 Å². The van der Waals surface area contributed by atoms with Gasteiger partial charge in [0.25, 0.3) is 5.91 Å². The molecule has 0 atom stereocenters. The Morgan fingerprint density at radius 1 is 1.10 bits per heavy atom. The van der Waals surface area contributed by atoms with Crippen molar-refractivity contribution < 1.29 is 14.3 Å². The molecule has 1 fully saturated rings. The molecule has 4 rings (SSSR count). The molecule has 3 aromatic rings. The molecule has 1 heterocycles. The molecule has 6 nitrogen and oxygen atoms in total. The van der Waals surface area contributed by atoms with E-state index in [0.717, 1.165) is 40.3 Å². The van der Waals surface area contributed by atoms with E-state index >= 15 is 0 Å². The molecule has 2 N–H and O–H groups in total. The number of pyridine rings is 1. The zero-order chi connectivity index (χ0) is 21.1. The van der Waals surface area contributed by atoms with Gasteiger partial charge in [-0.3, -0.25) is 9.59 Å². The SMILES string of the molecule is COCCNC(=O)c1ccc(C)c(-c2ccc3cc(NC(=O)C4CC4)ncc3c2)c1. The van der Waals surface area contributed by atoms with Crippen molar-refractivity contribution in [1.29, 1.82) is 0 Å². The highest BCUT2D eigenvalue weighted by molar-refractivity contribution is 5.97. The van der Waals surface area contributed by atoms with E-state index in [1.807, 2.05) is 43.3 Å². The van der Waals surface area contributed by atoms with E-state index in [2.05, 4.69) is 21.7 Å². The highest BCUT2D eigenvalue weighted by Gasteiger charge is 2.29. The van der Waals surface area contributed by atoms with Gasteiger partial charge in [-0.15, -0.1) is 0 Å². The summed E-state index contributed by atoms with van der Waals surface area (Å²) in [6.07, 6.45) is 3.70. The molecule has 2 amide bonds. The Morgan fingerprint density at radius 2 is 1.93 bits per heavy atom. The predicted molar refractivity (Wildman–Crippen MR) is 117 cm³/mol. The number of hydrogen-bond donors (Lipinski definition) is 2. The number of ether oxygens (including phenoxy) is 1. The number of hydrogen-bond acceptors (Lipinski definition) is 4. The van der Waals surface area contributed by atoms with E-state index in [0.29, 0.717) is 24.5 Å². The Hall–Kier alpha value is -3.25. The van der Waals surface area contributed by atoms with Gasteiger partial charge < -0.3 is 15.4 Å². The van der Waals surface area contributed by atoms with Crippen LogP contribution in [0.15, 0.2) is 48.7 Å². The molecule has 0 radical (unpaired) electrons. The molecule has 30 heavy (non-hydrogen) atoms. The number of methoxy groups -OCH3 is 1. The third-order valence-electron chi connectivity index (χ3n) is 5.32. The second kappa shape index (κ2) is 8.63. The summed E-state index contributed by atoms with van der Waals surface area (Å²) in [6.45, 7) is 2.98. The zero-order valence-electron chi connectivity index (χ0n) is 17.2. The monoisotopic (exact) mass is 403 g/mol. The van der Waals surface area contributed by atoms with Crippen LogP contribution in [-0.2, 0) is 9.53 Å².